The van der Waals surface area contributed by atoms with Gasteiger partial charge in [-0.25, -0.2) is 0 Å². The fraction of sp³-hybridized carbons (Fsp3) is 0.375. The molecular weight excluding hydrogens is 278 g/mol. The number of hydrogen-bond donors (Lipinski definition) is 0. The normalized spacial score (nSPS) is 21.4. The largest absolute Gasteiger partial charge is 0.335 e. The summed E-state index contributed by atoms with van der Waals surface area (Å²) in [6, 6.07) is 9.70. The zero-order valence-corrected chi connectivity index (χ0v) is 12.4. The predicted molar refractivity (Wildman–Crippen MR) is 80.2 cm³/mol. The number of aromatic nitrogens is 3. The molecule has 0 unspecified atom stereocenters. The van der Waals surface area contributed by atoms with E-state index < -0.39 is 0 Å². The second-order valence-corrected chi connectivity index (χ2v) is 5.55. The number of piperidine rings is 1. The van der Waals surface area contributed by atoms with Crippen molar-refractivity contribution in [3.8, 4) is 11.8 Å². The van der Waals surface area contributed by atoms with E-state index in [1.807, 2.05) is 25.1 Å². The van der Waals surface area contributed by atoms with Gasteiger partial charge in [0.2, 0.25) is 0 Å². The maximum absolute atomic E-state index is 12.9. The Morgan fingerprint density at radius 1 is 1.27 bits per heavy atom. The molecule has 1 aliphatic heterocycles. The Labute approximate surface area is 129 Å². The van der Waals surface area contributed by atoms with Gasteiger partial charge in [0.05, 0.1) is 35.6 Å². The molecule has 2 aromatic rings. The van der Waals surface area contributed by atoms with E-state index in [1.165, 1.54) is 4.80 Å². The second-order valence-electron chi connectivity index (χ2n) is 5.55. The summed E-state index contributed by atoms with van der Waals surface area (Å²) in [5, 5.41) is 17.4. The van der Waals surface area contributed by atoms with E-state index in [2.05, 4.69) is 16.3 Å². The third-order valence-electron chi connectivity index (χ3n) is 4.09. The van der Waals surface area contributed by atoms with Crippen molar-refractivity contribution in [3.63, 3.8) is 0 Å². The lowest BCUT2D eigenvalue weighted by atomic mass is 9.94. The van der Waals surface area contributed by atoms with Crippen LogP contribution in [0.2, 0.25) is 0 Å². The van der Waals surface area contributed by atoms with E-state index in [1.54, 1.807) is 23.4 Å². The van der Waals surface area contributed by atoms with Gasteiger partial charge < -0.3 is 4.90 Å². The summed E-state index contributed by atoms with van der Waals surface area (Å²) >= 11 is 0. The number of para-hydroxylation sites is 1. The van der Waals surface area contributed by atoms with Crippen LogP contribution < -0.4 is 0 Å². The van der Waals surface area contributed by atoms with Crippen LogP contribution in [0, 0.1) is 17.2 Å². The first kappa shape index (κ1) is 14.3. The quantitative estimate of drug-likeness (QED) is 0.849. The molecule has 0 aliphatic carbocycles. The highest BCUT2D eigenvalue weighted by molar-refractivity contribution is 5.98. The van der Waals surface area contributed by atoms with Crippen LogP contribution in [0.15, 0.2) is 36.7 Å². The minimum Gasteiger partial charge on any atom is -0.335 e. The molecule has 6 nitrogen and oxygen atoms in total. The molecule has 1 aromatic heterocycles. The summed E-state index contributed by atoms with van der Waals surface area (Å²) in [5.41, 5.74) is 1.22. The van der Waals surface area contributed by atoms with Gasteiger partial charge in [0.25, 0.3) is 5.91 Å². The van der Waals surface area contributed by atoms with Crippen molar-refractivity contribution in [2.75, 3.05) is 6.54 Å². The number of hydrogen-bond acceptors (Lipinski definition) is 4. The third kappa shape index (κ3) is 2.58. The van der Waals surface area contributed by atoms with Gasteiger partial charge in [0.1, 0.15) is 0 Å². The van der Waals surface area contributed by atoms with Gasteiger partial charge in [-0.15, -0.1) is 0 Å². The van der Waals surface area contributed by atoms with E-state index in [4.69, 9.17) is 5.26 Å². The van der Waals surface area contributed by atoms with Gasteiger partial charge in [0, 0.05) is 12.6 Å². The van der Waals surface area contributed by atoms with Crippen molar-refractivity contribution in [1.82, 2.24) is 19.9 Å². The highest BCUT2D eigenvalue weighted by atomic mass is 16.2. The molecule has 22 heavy (non-hydrogen) atoms. The Hall–Kier alpha value is -2.68. The number of amides is 1. The number of carbonyl (C=O) groups excluding carboxylic acids is 1. The highest BCUT2D eigenvalue weighted by Gasteiger charge is 2.30. The lowest BCUT2D eigenvalue weighted by Crippen LogP contribution is -2.45. The van der Waals surface area contributed by atoms with Crippen LogP contribution in [0.25, 0.3) is 5.69 Å². The van der Waals surface area contributed by atoms with Gasteiger partial charge in [-0.1, -0.05) is 12.1 Å². The third-order valence-corrected chi connectivity index (χ3v) is 4.09. The molecule has 112 valence electrons. The first-order valence-corrected chi connectivity index (χ1v) is 7.37. The molecule has 1 aliphatic rings. The van der Waals surface area contributed by atoms with E-state index >= 15 is 0 Å². The molecule has 0 bridgehead atoms. The molecule has 0 saturated carbocycles. The van der Waals surface area contributed by atoms with Crippen LogP contribution in [0.5, 0.6) is 0 Å². The summed E-state index contributed by atoms with van der Waals surface area (Å²) in [7, 11) is 0. The Balaban J connectivity index is 1.94. The summed E-state index contributed by atoms with van der Waals surface area (Å²) < 4.78 is 0. The molecule has 6 heteroatoms. The van der Waals surface area contributed by atoms with Gasteiger partial charge in [-0.2, -0.15) is 20.3 Å². The molecule has 1 fully saturated rings. The summed E-state index contributed by atoms with van der Waals surface area (Å²) in [6.07, 6.45) is 4.86. The molecule has 0 spiro atoms. The van der Waals surface area contributed by atoms with Gasteiger partial charge in [0.15, 0.2) is 0 Å². The van der Waals surface area contributed by atoms with E-state index in [-0.39, 0.29) is 17.9 Å². The zero-order chi connectivity index (χ0) is 15.5. The maximum atomic E-state index is 12.9. The van der Waals surface area contributed by atoms with Crippen molar-refractivity contribution < 1.29 is 4.79 Å². The van der Waals surface area contributed by atoms with Gasteiger partial charge in [-0.3, -0.25) is 4.79 Å². The minimum atomic E-state index is -0.0878. The molecule has 3 rings (SSSR count). The van der Waals surface area contributed by atoms with Crippen LogP contribution in [0.4, 0.5) is 0 Å². The number of rotatable bonds is 2. The van der Waals surface area contributed by atoms with Crippen molar-refractivity contribution >= 4 is 5.91 Å². The van der Waals surface area contributed by atoms with Crippen molar-refractivity contribution in [2.45, 2.75) is 25.8 Å². The topological polar surface area (TPSA) is 74.8 Å². The number of nitriles is 1. The molecule has 0 radical (unpaired) electrons. The monoisotopic (exact) mass is 295 g/mol. The average molecular weight is 295 g/mol. The Bertz CT molecular complexity index is 704. The SMILES string of the molecule is C[C@@H]1CC[C@@H](C#N)CN1C(=O)c1ccccc1-n1nccn1. The lowest BCUT2D eigenvalue weighted by molar-refractivity contribution is 0.0597. The second kappa shape index (κ2) is 5.98. The summed E-state index contributed by atoms with van der Waals surface area (Å²) in [6.45, 7) is 2.51. The summed E-state index contributed by atoms with van der Waals surface area (Å²) in [5.74, 6) is -0.157. The fourth-order valence-electron chi connectivity index (χ4n) is 2.82. The average Bonchev–Trinajstić information content (AvgIpc) is 3.09. The number of nitrogens with zero attached hydrogens (tertiary/aromatic N) is 5. The predicted octanol–water partition coefficient (Wildman–Crippen LogP) is 2.03. The fourth-order valence-corrected chi connectivity index (χ4v) is 2.82. The van der Waals surface area contributed by atoms with E-state index in [0.717, 1.165) is 12.8 Å². The Kier molecular flexibility index (Phi) is 3.88. The minimum absolute atomic E-state index is 0.0691. The van der Waals surface area contributed by atoms with Crippen LogP contribution in [-0.4, -0.2) is 38.4 Å². The van der Waals surface area contributed by atoms with Gasteiger partial charge in [-0.05, 0) is 31.9 Å². The number of carbonyl (C=O) groups is 1. The molecular formula is C16H17N5O. The van der Waals surface area contributed by atoms with Crippen LogP contribution in [-0.2, 0) is 0 Å². The molecule has 0 N–H and O–H groups in total. The number of benzene rings is 1. The smallest absolute Gasteiger partial charge is 0.256 e. The molecule has 1 saturated heterocycles. The van der Waals surface area contributed by atoms with Crippen molar-refractivity contribution in [3.05, 3.63) is 42.2 Å². The van der Waals surface area contributed by atoms with Gasteiger partial charge >= 0.3 is 0 Å². The Morgan fingerprint density at radius 3 is 2.73 bits per heavy atom. The van der Waals surface area contributed by atoms with Crippen molar-refractivity contribution in [2.24, 2.45) is 5.92 Å². The van der Waals surface area contributed by atoms with E-state index in [0.29, 0.717) is 17.8 Å². The molecule has 1 aromatic carbocycles. The van der Waals surface area contributed by atoms with Crippen LogP contribution >= 0.6 is 0 Å². The van der Waals surface area contributed by atoms with Crippen molar-refractivity contribution in [1.29, 1.82) is 5.26 Å². The molecule has 1 amide bonds. The van der Waals surface area contributed by atoms with Crippen LogP contribution in [0.1, 0.15) is 30.1 Å². The lowest BCUT2D eigenvalue weighted by Gasteiger charge is -2.36. The van der Waals surface area contributed by atoms with Crippen LogP contribution in [0.3, 0.4) is 0 Å². The Morgan fingerprint density at radius 2 is 2.00 bits per heavy atom. The maximum Gasteiger partial charge on any atom is 0.256 e. The number of likely N-dealkylation sites (tertiary alicyclic amines) is 1. The standard InChI is InChI=1S/C16H17N5O/c1-12-6-7-13(10-17)11-20(12)16(22)14-4-2-3-5-15(14)21-18-8-9-19-21/h2-5,8-9,12-13H,6-7,11H2,1H3/t12-,13+/m1/s1. The zero-order valence-electron chi connectivity index (χ0n) is 12.4. The summed E-state index contributed by atoms with van der Waals surface area (Å²) in [4.78, 5) is 16.2. The first-order chi connectivity index (χ1) is 10.7. The molecule has 2 heterocycles. The first-order valence-electron chi connectivity index (χ1n) is 7.37. The molecule has 2 atom stereocenters. The van der Waals surface area contributed by atoms with E-state index in [9.17, 15) is 4.79 Å². The highest BCUT2D eigenvalue weighted by Crippen LogP contribution is 2.25.